The molecule has 0 atom stereocenters. The van der Waals surface area contributed by atoms with Crippen LogP contribution in [-0.2, 0) is 23.7 Å². The summed E-state index contributed by atoms with van der Waals surface area (Å²) in [5, 5.41) is 4.16. The van der Waals surface area contributed by atoms with Gasteiger partial charge in [0.1, 0.15) is 22.6 Å². The van der Waals surface area contributed by atoms with Gasteiger partial charge < -0.3 is 23.7 Å². The maximum atomic E-state index is 12.7. The van der Waals surface area contributed by atoms with E-state index in [1.165, 1.54) is 18.2 Å². The van der Waals surface area contributed by atoms with Crippen molar-refractivity contribution in [3.05, 3.63) is 52.5 Å². The Hall–Kier alpha value is -4.68. The van der Waals surface area contributed by atoms with E-state index in [4.69, 9.17) is 23.7 Å². The fraction of sp³-hybridized carbons (Fsp3) is 0.238. The van der Waals surface area contributed by atoms with E-state index in [-0.39, 0.29) is 33.8 Å². The van der Waals surface area contributed by atoms with Gasteiger partial charge in [0.25, 0.3) is 0 Å². The van der Waals surface area contributed by atoms with Crippen LogP contribution < -0.4 is 0 Å². The second-order valence-corrected chi connectivity index (χ2v) is 6.50. The predicted octanol–water partition coefficient (Wildman–Crippen LogP) is 1.06. The molecule has 0 aliphatic rings. The Kier molecular flexibility index (Phi) is 6.66. The van der Waals surface area contributed by atoms with Gasteiger partial charge >= 0.3 is 29.8 Å². The first-order chi connectivity index (χ1) is 16.2. The van der Waals surface area contributed by atoms with Gasteiger partial charge in [-0.3, -0.25) is 4.57 Å². The Labute approximate surface area is 191 Å². The van der Waals surface area contributed by atoms with Crippen molar-refractivity contribution in [3.8, 4) is 5.82 Å². The fourth-order valence-corrected chi connectivity index (χ4v) is 3.34. The zero-order valence-corrected chi connectivity index (χ0v) is 18.7. The van der Waals surface area contributed by atoms with Crippen LogP contribution in [0.2, 0.25) is 0 Å². The monoisotopic (exact) mass is 473 g/mol. The number of esters is 5. The summed E-state index contributed by atoms with van der Waals surface area (Å²) >= 11 is 0. The number of ether oxygens (including phenoxy) is 5. The van der Waals surface area contributed by atoms with Crippen molar-refractivity contribution < 1.29 is 47.7 Å². The van der Waals surface area contributed by atoms with Crippen LogP contribution in [0.1, 0.15) is 52.1 Å². The second kappa shape index (κ2) is 9.44. The van der Waals surface area contributed by atoms with Crippen molar-refractivity contribution in [2.24, 2.45) is 0 Å². The van der Waals surface area contributed by atoms with E-state index in [0.717, 1.165) is 50.8 Å². The Morgan fingerprint density at radius 2 is 1.26 bits per heavy atom. The maximum absolute atomic E-state index is 12.7. The molecule has 0 spiro atoms. The number of hydrogen-bond acceptors (Lipinski definition) is 11. The van der Waals surface area contributed by atoms with E-state index in [2.05, 4.69) is 5.10 Å². The molecule has 0 amide bonds. The molecule has 0 radical (unpaired) electrons. The van der Waals surface area contributed by atoms with Crippen LogP contribution in [0.15, 0.2) is 24.4 Å². The van der Waals surface area contributed by atoms with Gasteiger partial charge in [0.15, 0.2) is 5.69 Å². The number of pyridine rings is 1. The number of fused-ring (bicyclic) bond motifs is 1. The quantitative estimate of drug-likeness (QED) is 0.373. The molecule has 0 bridgehead atoms. The van der Waals surface area contributed by atoms with E-state index in [9.17, 15) is 24.0 Å². The Morgan fingerprint density at radius 1 is 0.706 bits per heavy atom. The third-order valence-corrected chi connectivity index (χ3v) is 4.83. The van der Waals surface area contributed by atoms with E-state index in [0.29, 0.717) is 0 Å². The van der Waals surface area contributed by atoms with Gasteiger partial charge in [-0.2, -0.15) is 5.10 Å². The predicted molar refractivity (Wildman–Crippen MR) is 111 cm³/mol. The first-order valence-corrected chi connectivity index (χ1v) is 9.44. The van der Waals surface area contributed by atoms with Crippen LogP contribution in [0.4, 0.5) is 0 Å². The van der Waals surface area contributed by atoms with E-state index in [1.807, 2.05) is 0 Å². The summed E-state index contributed by atoms with van der Waals surface area (Å²) in [6.07, 6.45) is 1.15. The molecule has 0 aliphatic heterocycles. The smallest absolute Gasteiger partial charge is 0.359 e. The highest BCUT2D eigenvalue weighted by Crippen LogP contribution is 2.27. The van der Waals surface area contributed by atoms with Gasteiger partial charge in [-0.05, 0) is 12.1 Å². The molecule has 0 aliphatic carbocycles. The Balaban J connectivity index is 2.47. The van der Waals surface area contributed by atoms with Crippen molar-refractivity contribution in [2.45, 2.75) is 0 Å². The third-order valence-electron chi connectivity index (χ3n) is 4.83. The molecule has 13 heteroatoms. The van der Waals surface area contributed by atoms with Crippen LogP contribution in [-0.4, -0.2) is 79.6 Å². The maximum Gasteiger partial charge on any atom is 0.359 e. The van der Waals surface area contributed by atoms with Crippen molar-refractivity contribution in [2.75, 3.05) is 35.5 Å². The largest absolute Gasteiger partial charge is 0.465 e. The van der Waals surface area contributed by atoms with E-state index < -0.39 is 35.4 Å². The summed E-state index contributed by atoms with van der Waals surface area (Å²) in [7, 11) is 5.49. The van der Waals surface area contributed by atoms with Gasteiger partial charge in [0.05, 0.1) is 46.6 Å². The molecule has 0 aromatic carbocycles. The second-order valence-electron chi connectivity index (χ2n) is 6.50. The number of methoxy groups -OCH3 is 5. The van der Waals surface area contributed by atoms with E-state index in [1.54, 1.807) is 0 Å². The van der Waals surface area contributed by atoms with Crippen LogP contribution >= 0.6 is 0 Å². The number of rotatable bonds is 6. The minimum Gasteiger partial charge on any atom is -0.465 e. The molecule has 3 aromatic rings. The molecule has 34 heavy (non-hydrogen) atoms. The molecule has 3 rings (SSSR count). The van der Waals surface area contributed by atoms with Crippen LogP contribution in [0.25, 0.3) is 11.3 Å². The number of carbonyl (C=O) groups is 5. The van der Waals surface area contributed by atoms with Crippen molar-refractivity contribution in [1.82, 2.24) is 14.2 Å². The molecule has 0 saturated heterocycles. The Morgan fingerprint density at radius 3 is 1.82 bits per heavy atom. The van der Waals surface area contributed by atoms with E-state index >= 15 is 0 Å². The average molecular weight is 473 g/mol. The number of nitrogens with zero attached hydrogens (tertiary/aromatic N) is 3. The normalized spacial score (nSPS) is 10.5. The molecular formula is C21H19N3O10. The van der Waals surface area contributed by atoms with Crippen molar-refractivity contribution in [1.29, 1.82) is 0 Å². The standard InChI is InChI=1S/C21H19N3O10/c1-30-17(25)10-9-23(16(21(29)34-5)13(10)18(26)31-2)12-8-6-7-11-14(19(27)32-3)15(20(28)33-4)22-24(11)12/h6-9H,1-5H3. The summed E-state index contributed by atoms with van der Waals surface area (Å²) in [5.74, 6) is -4.64. The van der Waals surface area contributed by atoms with Crippen LogP contribution in [0, 0.1) is 0 Å². The molecular weight excluding hydrogens is 454 g/mol. The van der Waals surface area contributed by atoms with Crippen LogP contribution in [0.5, 0.6) is 0 Å². The van der Waals surface area contributed by atoms with Crippen molar-refractivity contribution >= 4 is 35.4 Å². The zero-order valence-electron chi connectivity index (χ0n) is 18.7. The van der Waals surface area contributed by atoms with Gasteiger partial charge in [-0.25, -0.2) is 28.5 Å². The highest BCUT2D eigenvalue weighted by atomic mass is 16.5. The van der Waals surface area contributed by atoms with Crippen LogP contribution in [0.3, 0.4) is 0 Å². The highest BCUT2D eigenvalue weighted by Gasteiger charge is 2.34. The molecule has 3 aromatic heterocycles. The van der Waals surface area contributed by atoms with Crippen molar-refractivity contribution in [3.63, 3.8) is 0 Å². The lowest BCUT2D eigenvalue weighted by atomic mass is 10.1. The lowest BCUT2D eigenvalue weighted by Gasteiger charge is -2.11. The van der Waals surface area contributed by atoms with Gasteiger partial charge in [-0.15, -0.1) is 0 Å². The minimum absolute atomic E-state index is 0.0542. The summed E-state index contributed by atoms with van der Waals surface area (Å²) in [6, 6.07) is 4.42. The molecule has 0 saturated carbocycles. The zero-order chi connectivity index (χ0) is 25.2. The fourth-order valence-electron chi connectivity index (χ4n) is 3.34. The topological polar surface area (TPSA) is 154 Å². The molecule has 0 N–H and O–H groups in total. The lowest BCUT2D eigenvalue weighted by Crippen LogP contribution is -2.17. The number of hydrogen-bond donors (Lipinski definition) is 0. The number of aromatic nitrogens is 3. The highest BCUT2D eigenvalue weighted by molar-refractivity contribution is 6.11. The lowest BCUT2D eigenvalue weighted by molar-refractivity contribution is 0.0535. The van der Waals surface area contributed by atoms with Gasteiger partial charge in [-0.1, -0.05) is 6.07 Å². The molecule has 178 valence electrons. The van der Waals surface area contributed by atoms with Gasteiger partial charge in [0, 0.05) is 6.20 Å². The first-order valence-electron chi connectivity index (χ1n) is 9.44. The molecule has 0 unspecified atom stereocenters. The minimum atomic E-state index is -1.00. The Bertz CT molecular complexity index is 1330. The molecule has 3 heterocycles. The summed E-state index contributed by atoms with van der Waals surface area (Å²) in [5.41, 5.74) is -1.50. The molecule has 13 nitrogen and oxygen atoms in total. The summed E-state index contributed by atoms with van der Waals surface area (Å²) in [6.45, 7) is 0. The summed E-state index contributed by atoms with van der Waals surface area (Å²) in [4.78, 5) is 62.4. The van der Waals surface area contributed by atoms with Gasteiger partial charge in [0.2, 0.25) is 0 Å². The molecule has 0 fully saturated rings. The number of carbonyl (C=O) groups excluding carboxylic acids is 5. The first kappa shape index (κ1) is 24.0. The third kappa shape index (κ3) is 3.72. The SMILES string of the molecule is COC(=O)c1cn(-c2cccc3c(C(=O)OC)c(C(=O)OC)nn23)c(C(=O)OC)c1C(=O)OC. The average Bonchev–Trinajstić information content (AvgIpc) is 3.45. The summed E-state index contributed by atoms with van der Waals surface area (Å²) < 4.78 is 26.1.